The van der Waals surface area contributed by atoms with Gasteiger partial charge in [0.2, 0.25) is 0 Å². The maximum absolute atomic E-state index is 12.4. The van der Waals surface area contributed by atoms with Crippen molar-refractivity contribution in [2.45, 2.75) is 18.8 Å². The van der Waals surface area contributed by atoms with Gasteiger partial charge >= 0.3 is 0 Å². The zero-order chi connectivity index (χ0) is 17.3. The monoisotopic (exact) mass is 349 g/mol. The summed E-state index contributed by atoms with van der Waals surface area (Å²) in [5.41, 5.74) is 2.75. The van der Waals surface area contributed by atoms with Crippen LogP contribution in [0.5, 0.6) is 0 Å². The lowest BCUT2D eigenvalue weighted by Crippen LogP contribution is -2.45. The zero-order valence-electron chi connectivity index (χ0n) is 14.3. The number of hydrogen-bond donors (Lipinski definition) is 0. The van der Waals surface area contributed by atoms with Gasteiger partial charge in [-0.1, -0.05) is 6.07 Å². The number of piperidine rings is 1. The molecule has 130 valence electrons. The first-order valence-corrected chi connectivity index (χ1v) is 9.40. The van der Waals surface area contributed by atoms with Gasteiger partial charge in [-0.2, -0.15) is 17.0 Å². The van der Waals surface area contributed by atoms with Gasteiger partial charge in [-0.25, -0.2) is 4.98 Å². The number of hydrogen-bond acceptors (Lipinski definition) is 4. The molecule has 0 bridgehead atoms. The molecular formula is C16H23N5O2S. The van der Waals surface area contributed by atoms with E-state index < -0.39 is 10.2 Å². The van der Waals surface area contributed by atoms with Crippen molar-refractivity contribution in [3.8, 4) is 11.4 Å². The predicted octanol–water partition coefficient (Wildman–Crippen LogP) is 1.47. The van der Waals surface area contributed by atoms with Gasteiger partial charge in [-0.05, 0) is 25.0 Å². The van der Waals surface area contributed by atoms with Gasteiger partial charge in [0.1, 0.15) is 0 Å². The summed E-state index contributed by atoms with van der Waals surface area (Å²) >= 11 is 0. The molecule has 2 aromatic rings. The largest absolute Gasteiger partial charge is 0.332 e. The number of rotatable bonds is 4. The Morgan fingerprint density at radius 3 is 2.75 bits per heavy atom. The van der Waals surface area contributed by atoms with E-state index in [0.717, 1.165) is 29.9 Å². The van der Waals surface area contributed by atoms with Crippen molar-refractivity contribution in [2.75, 3.05) is 27.2 Å². The fourth-order valence-corrected chi connectivity index (χ4v) is 4.24. The third-order valence-corrected chi connectivity index (χ3v) is 6.35. The van der Waals surface area contributed by atoms with E-state index in [2.05, 4.69) is 4.98 Å². The molecule has 1 fully saturated rings. The number of aromatic nitrogens is 3. The topological polar surface area (TPSA) is 71.3 Å². The summed E-state index contributed by atoms with van der Waals surface area (Å²) in [7, 11) is 1.70. The van der Waals surface area contributed by atoms with Crippen molar-refractivity contribution in [1.29, 1.82) is 0 Å². The smallest absolute Gasteiger partial charge is 0.281 e. The van der Waals surface area contributed by atoms with Crippen LogP contribution in [0.1, 0.15) is 24.5 Å². The molecule has 1 aliphatic heterocycles. The van der Waals surface area contributed by atoms with Crippen LogP contribution in [-0.2, 0) is 17.3 Å². The maximum Gasteiger partial charge on any atom is 0.281 e. The molecule has 0 unspecified atom stereocenters. The van der Waals surface area contributed by atoms with Crippen LogP contribution in [0.4, 0.5) is 0 Å². The first-order chi connectivity index (χ1) is 11.4. The van der Waals surface area contributed by atoms with Crippen molar-refractivity contribution in [3.05, 3.63) is 36.4 Å². The third-order valence-electron chi connectivity index (χ3n) is 4.44. The Kier molecular flexibility index (Phi) is 4.71. The molecule has 1 saturated heterocycles. The van der Waals surface area contributed by atoms with Crippen molar-refractivity contribution in [1.82, 2.24) is 23.1 Å². The molecule has 3 heterocycles. The molecule has 1 aliphatic rings. The Morgan fingerprint density at radius 2 is 2.08 bits per heavy atom. The summed E-state index contributed by atoms with van der Waals surface area (Å²) in [4.78, 5) is 8.90. The molecule has 7 nitrogen and oxygen atoms in total. The second-order valence-corrected chi connectivity index (χ2v) is 8.47. The fourth-order valence-electron chi connectivity index (χ4n) is 3.05. The molecule has 0 saturated carbocycles. The lowest BCUT2D eigenvalue weighted by molar-refractivity contribution is 0.296. The van der Waals surface area contributed by atoms with Crippen LogP contribution in [0.25, 0.3) is 11.4 Å². The van der Waals surface area contributed by atoms with Crippen LogP contribution < -0.4 is 0 Å². The summed E-state index contributed by atoms with van der Waals surface area (Å²) in [6.45, 7) is 1.04. The number of pyridine rings is 1. The summed E-state index contributed by atoms with van der Waals surface area (Å²) in [5.74, 6) is 0.113. The van der Waals surface area contributed by atoms with Gasteiger partial charge in [0.25, 0.3) is 10.2 Å². The molecule has 3 rings (SSSR count). The fraction of sp³-hybridized carbons (Fsp3) is 0.500. The number of nitrogens with zero attached hydrogens (tertiary/aromatic N) is 5. The molecule has 0 N–H and O–H groups in total. The Bertz CT molecular complexity index is 815. The Balaban J connectivity index is 1.86. The van der Waals surface area contributed by atoms with Crippen LogP contribution in [-0.4, -0.2) is 58.7 Å². The molecule has 24 heavy (non-hydrogen) atoms. The lowest BCUT2D eigenvalue weighted by atomic mass is 9.95. The highest BCUT2D eigenvalue weighted by Gasteiger charge is 2.31. The quantitative estimate of drug-likeness (QED) is 0.838. The Hall–Kier alpha value is -1.77. The van der Waals surface area contributed by atoms with Gasteiger partial charge in [0, 0.05) is 45.8 Å². The van der Waals surface area contributed by atoms with Crippen molar-refractivity contribution in [2.24, 2.45) is 7.05 Å². The van der Waals surface area contributed by atoms with Gasteiger partial charge in [0.15, 0.2) is 0 Å². The van der Waals surface area contributed by atoms with E-state index in [1.165, 1.54) is 4.31 Å². The highest BCUT2D eigenvalue weighted by Crippen LogP contribution is 2.29. The molecule has 0 radical (unpaired) electrons. The van der Waals surface area contributed by atoms with Crippen molar-refractivity contribution in [3.63, 3.8) is 0 Å². The van der Waals surface area contributed by atoms with Gasteiger partial charge < -0.3 is 4.57 Å². The van der Waals surface area contributed by atoms with E-state index in [4.69, 9.17) is 4.98 Å². The average Bonchev–Trinajstić information content (AvgIpc) is 3.01. The highest BCUT2D eigenvalue weighted by molar-refractivity contribution is 7.86. The second kappa shape index (κ2) is 6.62. The summed E-state index contributed by atoms with van der Waals surface area (Å²) in [5, 5.41) is 0. The van der Waals surface area contributed by atoms with Crippen LogP contribution in [0.2, 0.25) is 0 Å². The standard InChI is InChI=1S/C16H23N5O2S/c1-19(2)24(22,23)21-9-5-6-13(11-21)14-7-4-8-15(18-14)16-10-17-12-20(16)3/h4,7-8,10,12-13H,5-6,9,11H2,1-3H3/t13-/m0/s1. The molecule has 0 amide bonds. The molecule has 2 aromatic heterocycles. The molecule has 8 heteroatoms. The number of aryl methyl sites for hydroxylation is 1. The van der Waals surface area contributed by atoms with Crippen molar-refractivity contribution < 1.29 is 8.42 Å². The zero-order valence-corrected chi connectivity index (χ0v) is 15.1. The van der Waals surface area contributed by atoms with Gasteiger partial charge in [-0.3, -0.25) is 4.98 Å². The number of imidazole rings is 1. The summed E-state index contributed by atoms with van der Waals surface area (Å²) in [6.07, 6.45) is 5.32. The maximum atomic E-state index is 12.4. The van der Waals surface area contributed by atoms with E-state index >= 15 is 0 Å². The Morgan fingerprint density at radius 1 is 1.29 bits per heavy atom. The van der Waals surface area contributed by atoms with Crippen LogP contribution in [0, 0.1) is 0 Å². The van der Waals surface area contributed by atoms with Crippen LogP contribution in [0.3, 0.4) is 0 Å². The summed E-state index contributed by atoms with van der Waals surface area (Å²) in [6, 6.07) is 5.91. The first kappa shape index (κ1) is 17.1. The second-order valence-electron chi connectivity index (χ2n) is 6.32. The Labute approximate surface area is 143 Å². The molecule has 0 aliphatic carbocycles. The normalized spacial score (nSPS) is 19.8. The van der Waals surface area contributed by atoms with Gasteiger partial charge in [-0.15, -0.1) is 0 Å². The molecule has 0 spiro atoms. The minimum Gasteiger partial charge on any atom is -0.332 e. The minimum absolute atomic E-state index is 0.113. The van der Waals surface area contributed by atoms with Gasteiger partial charge in [0.05, 0.1) is 23.9 Å². The highest BCUT2D eigenvalue weighted by atomic mass is 32.2. The average molecular weight is 349 g/mol. The first-order valence-electron chi connectivity index (χ1n) is 8.01. The summed E-state index contributed by atoms with van der Waals surface area (Å²) < 4.78 is 29.5. The van der Waals surface area contributed by atoms with Crippen molar-refractivity contribution >= 4 is 10.2 Å². The lowest BCUT2D eigenvalue weighted by Gasteiger charge is -2.33. The van der Waals surface area contributed by atoms with E-state index in [1.807, 2.05) is 29.8 Å². The van der Waals surface area contributed by atoms with Crippen LogP contribution in [0.15, 0.2) is 30.7 Å². The molecular weight excluding hydrogens is 326 g/mol. The van der Waals surface area contributed by atoms with Crippen LogP contribution >= 0.6 is 0 Å². The third kappa shape index (κ3) is 3.22. The SMILES string of the molecule is CN(C)S(=O)(=O)N1CCC[C@H](c2cccc(-c3cncn3C)n2)C1. The minimum atomic E-state index is -3.38. The predicted molar refractivity (Wildman–Crippen MR) is 92.6 cm³/mol. The molecule has 0 aromatic carbocycles. The van der Waals surface area contributed by atoms with E-state index in [1.54, 1.807) is 30.9 Å². The van der Waals surface area contributed by atoms with E-state index in [-0.39, 0.29) is 5.92 Å². The van der Waals surface area contributed by atoms with E-state index in [0.29, 0.717) is 13.1 Å². The molecule has 1 atom stereocenters. The van der Waals surface area contributed by atoms with E-state index in [9.17, 15) is 8.42 Å².